The van der Waals surface area contributed by atoms with Gasteiger partial charge in [-0.3, -0.25) is 14.5 Å². The molecule has 4 amide bonds. The standard InChI is InChI=1S/C23H27N3O3S/c1-15(2)13-18(16-7-4-3-5-8-16)24-20(27)14-26-21(28)23(25-22(26)29)11-6-9-19-17(23)10-12-30-19/h3-5,7-8,10,12,15,18H,6,9,11,13-14H2,1-2H3,(H,24,27)(H,25,29)/t18-,23+/m1/s1. The highest BCUT2D eigenvalue weighted by molar-refractivity contribution is 7.10. The molecule has 0 saturated carbocycles. The van der Waals surface area contributed by atoms with Crippen molar-refractivity contribution >= 4 is 29.2 Å². The summed E-state index contributed by atoms with van der Waals surface area (Å²) >= 11 is 1.61. The van der Waals surface area contributed by atoms with Gasteiger partial charge in [-0.05, 0) is 48.6 Å². The average molecular weight is 426 g/mol. The quantitative estimate of drug-likeness (QED) is 0.692. The second-order valence-corrected chi connectivity index (χ2v) is 9.50. The molecule has 2 aliphatic rings. The number of nitrogens with zero attached hydrogens (tertiary/aromatic N) is 1. The summed E-state index contributed by atoms with van der Waals surface area (Å²) in [6.07, 6.45) is 3.11. The van der Waals surface area contributed by atoms with Gasteiger partial charge in [0, 0.05) is 10.4 Å². The molecule has 1 aromatic carbocycles. The van der Waals surface area contributed by atoms with Crippen molar-refractivity contribution in [3.8, 4) is 0 Å². The lowest BCUT2D eigenvalue weighted by Crippen LogP contribution is -2.47. The molecule has 30 heavy (non-hydrogen) atoms. The zero-order valence-corrected chi connectivity index (χ0v) is 18.1. The van der Waals surface area contributed by atoms with Gasteiger partial charge in [0.05, 0.1) is 6.04 Å². The molecule has 1 saturated heterocycles. The number of aryl methyl sites for hydroxylation is 1. The van der Waals surface area contributed by atoms with Crippen LogP contribution in [0.4, 0.5) is 4.79 Å². The Labute approximate surface area is 180 Å². The van der Waals surface area contributed by atoms with Crippen LogP contribution in [0.2, 0.25) is 0 Å². The Morgan fingerprint density at radius 1 is 1.23 bits per heavy atom. The molecule has 1 aromatic heterocycles. The van der Waals surface area contributed by atoms with Crippen molar-refractivity contribution in [1.29, 1.82) is 0 Å². The van der Waals surface area contributed by atoms with Crippen LogP contribution in [0, 0.1) is 5.92 Å². The van der Waals surface area contributed by atoms with Crippen molar-refractivity contribution < 1.29 is 14.4 Å². The first kappa shape index (κ1) is 20.6. The number of hydrogen-bond donors (Lipinski definition) is 2. The molecular weight excluding hydrogens is 398 g/mol. The maximum absolute atomic E-state index is 13.3. The number of carbonyl (C=O) groups excluding carboxylic acids is 3. The first-order chi connectivity index (χ1) is 14.4. The lowest BCUT2D eigenvalue weighted by atomic mass is 9.80. The molecule has 1 aliphatic heterocycles. The predicted octanol–water partition coefficient (Wildman–Crippen LogP) is 3.74. The maximum Gasteiger partial charge on any atom is 0.325 e. The van der Waals surface area contributed by atoms with Crippen LogP contribution in [-0.2, 0) is 21.5 Å². The molecule has 1 spiro atoms. The van der Waals surface area contributed by atoms with E-state index in [0.717, 1.165) is 40.2 Å². The van der Waals surface area contributed by atoms with Gasteiger partial charge in [-0.2, -0.15) is 0 Å². The number of benzene rings is 1. The minimum absolute atomic E-state index is 0.161. The van der Waals surface area contributed by atoms with Gasteiger partial charge < -0.3 is 10.6 Å². The third-order valence-corrected chi connectivity index (χ3v) is 6.86. The van der Waals surface area contributed by atoms with E-state index >= 15 is 0 Å². The van der Waals surface area contributed by atoms with Crippen molar-refractivity contribution in [2.75, 3.05) is 6.54 Å². The van der Waals surface area contributed by atoms with Crippen LogP contribution < -0.4 is 10.6 Å². The Kier molecular flexibility index (Phi) is 5.64. The third kappa shape index (κ3) is 3.74. The van der Waals surface area contributed by atoms with E-state index in [-0.39, 0.29) is 24.4 Å². The van der Waals surface area contributed by atoms with Gasteiger partial charge in [0.25, 0.3) is 5.91 Å². The van der Waals surface area contributed by atoms with Crippen LogP contribution in [0.25, 0.3) is 0 Å². The molecular formula is C23H27N3O3S. The Bertz CT molecular complexity index is 956. The summed E-state index contributed by atoms with van der Waals surface area (Å²) in [6, 6.07) is 11.1. The number of imide groups is 1. The minimum Gasteiger partial charge on any atom is -0.348 e. The van der Waals surface area contributed by atoms with Gasteiger partial charge in [-0.25, -0.2) is 4.79 Å². The number of carbonyl (C=O) groups is 3. The molecule has 4 rings (SSSR count). The van der Waals surface area contributed by atoms with Crippen LogP contribution in [0.1, 0.15) is 55.2 Å². The summed E-state index contributed by atoms with van der Waals surface area (Å²) in [4.78, 5) is 41.0. The largest absolute Gasteiger partial charge is 0.348 e. The van der Waals surface area contributed by atoms with Crippen molar-refractivity contribution in [2.24, 2.45) is 5.92 Å². The van der Waals surface area contributed by atoms with Crippen molar-refractivity contribution in [1.82, 2.24) is 15.5 Å². The van der Waals surface area contributed by atoms with E-state index in [4.69, 9.17) is 0 Å². The summed E-state index contributed by atoms with van der Waals surface area (Å²) in [5, 5.41) is 7.89. The van der Waals surface area contributed by atoms with Crippen molar-refractivity contribution in [3.63, 3.8) is 0 Å². The first-order valence-electron chi connectivity index (χ1n) is 10.5. The summed E-state index contributed by atoms with van der Waals surface area (Å²) < 4.78 is 0. The van der Waals surface area contributed by atoms with Crippen LogP contribution in [0.15, 0.2) is 41.8 Å². The number of rotatable bonds is 6. The van der Waals surface area contributed by atoms with Crippen LogP contribution in [0.3, 0.4) is 0 Å². The fourth-order valence-corrected chi connectivity index (χ4v) is 5.50. The van der Waals surface area contributed by atoms with Gasteiger partial charge in [0.1, 0.15) is 12.1 Å². The van der Waals surface area contributed by atoms with E-state index in [0.29, 0.717) is 12.3 Å². The van der Waals surface area contributed by atoms with Crippen LogP contribution >= 0.6 is 11.3 Å². The Morgan fingerprint density at radius 2 is 2.00 bits per heavy atom. The number of hydrogen-bond acceptors (Lipinski definition) is 4. The minimum atomic E-state index is -1.01. The van der Waals surface area contributed by atoms with Crippen molar-refractivity contribution in [3.05, 3.63) is 57.8 Å². The van der Waals surface area contributed by atoms with Gasteiger partial charge in [0.15, 0.2) is 0 Å². The highest BCUT2D eigenvalue weighted by Gasteiger charge is 2.54. The molecule has 7 heteroatoms. The van der Waals surface area contributed by atoms with E-state index < -0.39 is 11.6 Å². The molecule has 1 fully saturated rings. The Morgan fingerprint density at radius 3 is 2.73 bits per heavy atom. The van der Waals surface area contributed by atoms with E-state index in [1.807, 2.05) is 41.8 Å². The van der Waals surface area contributed by atoms with Crippen LogP contribution in [0.5, 0.6) is 0 Å². The normalized spacial score (nSPS) is 21.6. The number of urea groups is 1. The van der Waals surface area contributed by atoms with Gasteiger partial charge in [-0.15, -0.1) is 11.3 Å². The second kappa shape index (κ2) is 8.22. The maximum atomic E-state index is 13.3. The fourth-order valence-electron chi connectivity index (χ4n) is 4.50. The zero-order chi connectivity index (χ0) is 21.3. The van der Waals surface area contributed by atoms with E-state index in [2.05, 4.69) is 24.5 Å². The number of nitrogens with one attached hydrogen (secondary N) is 2. The van der Waals surface area contributed by atoms with E-state index in [9.17, 15) is 14.4 Å². The van der Waals surface area contributed by atoms with Gasteiger partial charge in [-0.1, -0.05) is 44.2 Å². The topological polar surface area (TPSA) is 78.5 Å². The Balaban J connectivity index is 1.50. The molecule has 2 heterocycles. The lowest BCUT2D eigenvalue weighted by molar-refractivity contribution is -0.135. The van der Waals surface area contributed by atoms with Gasteiger partial charge in [0.2, 0.25) is 5.91 Å². The molecule has 1 aliphatic carbocycles. The first-order valence-corrected chi connectivity index (χ1v) is 11.3. The third-order valence-electron chi connectivity index (χ3n) is 5.88. The summed E-state index contributed by atoms with van der Waals surface area (Å²) in [5.74, 6) is -0.261. The summed E-state index contributed by atoms with van der Waals surface area (Å²) in [5.41, 5.74) is 0.896. The Hall–Kier alpha value is -2.67. The summed E-state index contributed by atoms with van der Waals surface area (Å²) in [6.45, 7) is 3.93. The number of fused-ring (bicyclic) bond motifs is 2. The van der Waals surface area contributed by atoms with Crippen molar-refractivity contribution in [2.45, 2.75) is 51.1 Å². The summed E-state index contributed by atoms with van der Waals surface area (Å²) in [7, 11) is 0. The highest BCUT2D eigenvalue weighted by atomic mass is 32.1. The molecule has 0 unspecified atom stereocenters. The average Bonchev–Trinajstić information content (AvgIpc) is 3.29. The zero-order valence-electron chi connectivity index (χ0n) is 17.3. The lowest BCUT2D eigenvalue weighted by Gasteiger charge is -2.31. The second-order valence-electron chi connectivity index (χ2n) is 8.50. The molecule has 2 atom stereocenters. The predicted molar refractivity (Wildman–Crippen MR) is 116 cm³/mol. The SMILES string of the molecule is CC(C)C[C@@H](NC(=O)CN1C(=O)N[C@]2(CCCc3sccc32)C1=O)c1ccccc1. The fraction of sp³-hybridized carbons (Fsp3) is 0.435. The highest BCUT2D eigenvalue weighted by Crippen LogP contribution is 2.42. The van der Waals surface area contributed by atoms with Gasteiger partial charge >= 0.3 is 6.03 Å². The number of amides is 4. The molecule has 2 aromatic rings. The number of thiophene rings is 1. The molecule has 0 radical (unpaired) electrons. The van der Waals surface area contributed by atoms with E-state index in [1.165, 1.54) is 0 Å². The van der Waals surface area contributed by atoms with E-state index in [1.54, 1.807) is 11.3 Å². The molecule has 158 valence electrons. The molecule has 0 bridgehead atoms. The van der Waals surface area contributed by atoms with Crippen LogP contribution in [-0.4, -0.2) is 29.3 Å². The molecule has 6 nitrogen and oxygen atoms in total. The molecule has 2 N–H and O–H groups in total. The smallest absolute Gasteiger partial charge is 0.325 e. The monoisotopic (exact) mass is 425 g/mol.